The van der Waals surface area contributed by atoms with Crippen LogP contribution in [0.25, 0.3) is 0 Å². The average molecular weight is 281 g/mol. The highest BCUT2D eigenvalue weighted by Gasteiger charge is 2.25. The van der Waals surface area contributed by atoms with Gasteiger partial charge < -0.3 is 9.64 Å². The largest absolute Gasteiger partial charge is 0.476 e. The molecular weight excluding hydrogens is 266 g/mol. The van der Waals surface area contributed by atoms with Crippen molar-refractivity contribution in [3.05, 3.63) is 42.6 Å². The number of hydrogen-bond acceptors (Lipinski definition) is 6. The Morgan fingerprint density at radius 2 is 2.19 bits per heavy atom. The molecule has 1 atom stereocenters. The molecule has 106 valence electrons. The van der Waals surface area contributed by atoms with Gasteiger partial charge in [-0.05, 0) is 12.5 Å². The van der Waals surface area contributed by atoms with Crippen molar-refractivity contribution < 1.29 is 4.74 Å². The molecule has 0 aliphatic carbocycles. The van der Waals surface area contributed by atoms with Gasteiger partial charge in [0.1, 0.15) is 6.07 Å². The number of anilines is 1. The number of rotatable bonds is 4. The summed E-state index contributed by atoms with van der Waals surface area (Å²) in [4.78, 5) is 14.4. The molecule has 6 nitrogen and oxygen atoms in total. The Kier molecular flexibility index (Phi) is 3.92. The Bertz CT molecular complexity index is 640. The second-order valence-corrected chi connectivity index (χ2v) is 4.96. The summed E-state index contributed by atoms with van der Waals surface area (Å²) in [5.74, 6) is 0.966. The molecule has 6 heteroatoms. The minimum Gasteiger partial charge on any atom is -0.476 e. The van der Waals surface area contributed by atoms with E-state index in [2.05, 4.69) is 25.9 Å². The zero-order chi connectivity index (χ0) is 14.5. The minimum absolute atomic E-state index is 0.416. The summed E-state index contributed by atoms with van der Waals surface area (Å²) in [6.45, 7) is 2.38. The topological polar surface area (TPSA) is 74.9 Å². The van der Waals surface area contributed by atoms with Crippen LogP contribution >= 0.6 is 0 Å². The first-order valence-corrected chi connectivity index (χ1v) is 6.84. The Morgan fingerprint density at radius 3 is 3.00 bits per heavy atom. The molecule has 21 heavy (non-hydrogen) atoms. The van der Waals surface area contributed by atoms with E-state index in [0.717, 1.165) is 25.2 Å². The fraction of sp³-hybridized carbons (Fsp3) is 0.333. The zero-order valence-corrected chi connectivity index (χ0v) is 11.5. The van der Waals surface area contributed by atoms with Crippen molar-refractivity contribution in [2.75, 3.05) is 24.6 Å². The van der Waals surface area contributed by atoms with E-state index in [1.54, 1.807) is 37.1 Å². The molecule has 0 radical (unpaired) electrons. The normalized spacial score (nSPS) is 17.5. The van der Waals surface area contributed by atoms with Gasteiger partial charge in [0.25, 0.3) is 0 Å². The molecule has 0 amide bonds. The van der Waals surface area contributed by atoms with Gasteiger partial charge in [0.05, 0.1) is 30.3 Å². The van der Waals surface area contributed by atoms with Gasteiger partial charge in [0.2, 0.25) is 5.88 Å². The molecular formula is C15H15N5O. The van der Waals surface area contributed by atoms with Crippen LogP contribution in [0.2, 0.25) is 0 Å². The van der Waals surface area contributed by atoms with Crippen LogP contribution in [0.4, 0.5) is 5.69 Å². The Balaban J connectivity index is 1.60. The third kappa shape index (κ3) is 3.08. The summed E-state index contributed by atoms with van der Waals surface area (Å²) in [5.41, 5.74) is 1.57. The number of ether oxygens (including phenoxy) is 1. The molecule has 0 spiro atoms. The lowest BCUT2D eigenvalue weighted by Gasteiger charge is -2.19. The number of nitriles is 1. The fourth-order valence-corrected chi connectivity index (χ4v) is 2.48. The highest BCUT2D eigenvalue weighted by Crippen LogP contribution is 2.26. The molecule has 1 unspecified atom stereocenters. The van der Waals surface area contributed by atoms with Gasteiger partial charge in [-0.25, -0.2) is 4.98 Å². The average Bonchev–Trinajstić information content (AvgIpc) is 3.02. The summed E-state index contributed by atoms with van der Waals surface area (Å²) in [6, 6.07) is 3.96. The van der Waals surface area contributed by atoms with Crippen LogP contribution in [0.3, 0.4) is 0 Å². The van der Waals surface area contributed by atoms with Gasteiger partial charge in [0, 0.05) is 37.6 Å². The summed E-state index contributed by atoms with van der Waals surface area (Å²) >= 11 is 0. The van der Waals surface area contributed by atoms with Gasteiger partial charge in [-0.1, -0.05) is 0 Å². The van der Waals surface area contributed by atoms with Crippen LogP contribution in [-0.4, -0.2) is 34.6 Å². The smallest absolute Gasteiger partial charge is 0.232 e. The highest BCUT2D eigenvalue weighted by atomic mass is 16.5. The van der Waals surface area contributed by atoms with E-state index < -0.39 is 0 Å². The monoisotopic (exact) mass is 281 g/mol. The van der Waals surface area contributed by atoms with Gasteiger partial charge in [-0.3, -0.25) is 9.97 Å². The second kappa shape index (κ2) is 6.18. The van der Waals surface area contributed by atoms with E-state index in [0.29, 0.717) is 24.0 Å². The molecule has 0 N–H and O–H groups in total. The standard InChI is InChI=1S/C15H15N5O/c16-7-13-1-3-17-8-14(13)20-6-2-12(10-20)11-21-15-9-18-4-5-19-15/h1,3-5,8-9,12H,2,6,10-11H2. The maximum atomic E-state index is 9.15. The van der Waals surface area contributed by atoms with Crippen molar-refractivity contribution in [1.29, 1.82) is 5.26 Å². The minimum atomic E-state index is 0.416. The Labute approximate surface area is 123 Å². The predicted molar refractivity (Wildman–Crippen MR) is 76.8 cm³/mol. The van der Waals surface area contributed by atoms with Crippen molar-refractivity contribution in [1.82, 2.24) is 15.0 Å². The molecule has 0 aromatic carbocycles. The number of nitrogens with zero attached hydrogens (tertiary/aromatic N) is 5. The van der Waals surface area contributed by atoms with Crippen molar-refractivity contribution in [3.63, 3.8) is 0 Å². The van der Waals surface area contributed by atoms with Crippen molar-refractivity contribution in [2.24, 2.45) is 5.92 Å². The van der Waals surface area contributed by atoms with Crippen molar-refractivity contribution in [3.8, 4) is 11.9 Å². The Morgan fingerprint density at radius 1 is 1.29 bits per heavy atom. The molecule has 2 aromatic heterocycles. The molecule has 0 saturated carbocycles. The van der Waals surface area contributed by atoms with Gasteiger partial charge in [-0.2, -0.15) is 5.26 Å². The van der Waals surface area contributed by atoms with E-state index in [4.69, 9.17) is 10.00 Å². The van der Waals surface area contributed by atoms with Gasteiger partial charge >= 0.3 is 0 Å². The van der Waals surface area contributed by atoms with Crippen LogP contribution in [0.15, 0.2) is 37.1 Å². The molecule has 1 aliphatic heterocycles. The van der Waals surface area contributed by atoms with Crippen LogP contribution < -0.4 is 9.64 Å². The summed E-state index contributed by atoms with van der Waals surface area (Å²) in [5, 5.41) is 9.15. The highest BCUT2D eigenvalue weighted by molar-refractivity contribution is 5.58. The van der Waals surface area contributed by atoms with Gasteiger partial charge in [-0.15, -0.1) is 0 Å². The van der Waals surface area contributed by atoms with E-state index in [1.807, 2.05) is 0 Å². The third-order valence-electron chi connectivity index (χ3n) is 3.55. The van der Waals surface area contributed by atoms with E-state index >= 15 is 0 Å². The molecule has 1 fully saturated rings. The zero-order valence-electron chi connectivity index (χ0n) is 11.5. The lowest BCUT2D eigenvalue weighted by atomic mass is 10.1. The van der Waals surface area contributed by atoms with E-state index in [9.17, 15) is 0 Å². The van der Waals surface area contributed by atoms with E-state index in [-0.39, 0.29) is 0 Å². The first-order valence-electron chi connectivity index (χ1n) is 6.84. The van der Waals surface area contributed by atoms with Crippen molar-refractivity contribution in [2.45, 2.75) is 6.42 Å². The Hall–Kier alpha value is -2.68. The predicted octanol–water partition coefficient (Wildman–Crippen LogP) is 1.65. The number of aromatic nitrogens is 3. The van der Waals surface area contributed by atoms with Crippen LogP contribution in [0.1, 0.15) is 12.0 Å². The first-order chi connectivity index (χ1) is 10.4. The van der Waals surface area contributed by atoms with Gasteiger partial charge in [0.15, 0.2) is 0 Å². The SMILES string of the molecule is N#Cc1ccncc1N1CCC(COc2cnccn2)C1. The van der Waals surface area contributed by atoms with Crippen molar-refractivity contribution >= 4 is 5.69 Å². The maximum Gasteiger partial charge on any atom is 0.232 e. The van der Waals surface area contributed by atoms with Crippen LogP contribution in [-0.2, 0) is 0 Å². The lowest BCUT2D eigenvalue weighted by molar-refractivity contribution is 0.251. The number of hydrogen-bond donors (Lipinski definition) is 0. The number of pyridine rings is 1. The molecule has 1 aliphatic rings. The lowest BCUT2D eigenvalue weighted by Crippen LogP contribution is -2.22. The summed E-state index contributed by atoms with van der Waals surface area (Å²) in [6.07, 6.45) is 9.28. The maximum absolute atomic E-state index is 9.15. The summed E-state index contributed by atoms with van der Waals surface area (Å²) in [7, 11) is 0. The summed E-state index contributed by atoms with van der Waals surface area (Å²) < 4.78 is 5.65. The molecule has 2 aromatic rings. The van der Waals surface area contributed by atoms with Crippen LogP contribution in [0.5, 0.6) is 5.88 Å². The second-order valence-electron chi connectivity index (χ2n) is 4.96. The quantitative estimate of drug-likeness (QED) is 0.848. The molecule has 3 rings (SSSR count). The third-order valence-corrected chi connectivity index (χ3v) is 3.55. The molecule has 3 heterocycles. The molecule has 1 saturated heterocycles. The molecule has 0 bridgehead atoms. The first kappa shape index (κ1) is 13.3. The van der Waals surface area contributed by atoms with Crippen LogP contribution in [0, 0.1) is 17.2 Å². The fourth-order valence-electron chi connectivity index (χ4n) is 2.48. The van der Waals surface area contributed by atoms with E-state index in [1.165, 1.54) is 0 Å².